The summed E-state index contributed by atoms with van der Waals surface area (Å²) in [5.41, 5.74) is 0.246. The maximum Gasteiger partial charge on any atom is 0.249 e. The summed E-state index contributed by atoms with van der Waals surface area (Å²) in [4.78, 5) is 23.5. The number of amides is 2. The molecule has 0 saturated heterocycles. The summed E-state index contributed by atoms with van der Waals surface area (Å²) in [5, 5.41) is 24.4. The lowest BCUT2D eigenvalue weighted by Crippen LogP contribution is -2.46. The van der Waals surface area contributed by atoms with Crippen LogP contribution in [0.25, 0.3) is 0 Å². The average molecular weight is 336 g/mol. The van der Waals surface area contributed by atoms with Crippen molar-refractivity contribution in [3.8, 4) is 0 Å². The Morgan fingerprint density at radius 3 is 2.38 bits per heavy atom. The van der Waals surface area contributed by atoms with Gasteiger partial charge in [0.25, 0.3) is 0 Å². The van der Waals surface area contributed by atoms with Crippen LogP contribution in [0, 0.1) is 5.41 Å². The zero-order valence-electron chi connectivity index (χ0n) is 14.4. The first kappa shape index (κ1) is 20.1. The third-order valence-corrected chi connectivity index (χ3v) is 3.85. The van der Waals surface area contributed by atoms with Crippen molar-refractivity contribution in [1.82, 2.24) is 10.6 Å². The minimum Gasteiger partial charge on any atom is -0.396 e. The van der Waals surface area contributed by atoms with E-state index in [4.69, 9.17) is 5.11 Å². The Morgan fingerprint density at radius 2 is 1.75 bits per heavy atom. The fourth-order valence-electron chi connectivity index (χ4n) is 2.06. The molecule has 134 valence electrons. The van der Waals surface area contributed by atoms with Crippen LogP contribution in [0.15, 0.2) is 30.3 Å². The molecule has 0 aliphatic rings. The molecule has 0 saturated carbocycles. The Labute approximate surface area is 143 Å². The summed E-state index contributed by atoms with van der Waals surface area (Å²) in [6.45, 7) is 3.78. The Bertz CT molecular complexity index is 517. The van der Waals surface area contributed by atoms with E-state index in [0.29, 0.717) is 32.4 Å². The topological polar surface area (TPSA) is 98.7 Å². The van der Waals surface area contributed by atoms with Gasteiger partial charge in [-0.3, -0.25) is 9.59 Å². The molecule has 0 aliphatic heterocycles. The van der Waals surface area contributed by atoms with Gasteiger partial charge in [-0.15, -0.1) is 0 Å². The van der Waals surface area contributed by atoms with Crippen molar-refractivity contribution >= 4 is 11.8 Å². The molecule has 0 aliphatic carbocycles. The smallest absolute Gasteiger partial charge is 0.249 e. The van der Waals surface area contributed by atoms with E-state index in [2.05, 4.69) is 10.6 Å². The summed E-state index contributed by atoms with van der Waals surface area (Å²) in [5.74, 6) is -0.531. The van der Waals surface area contributed by atoms with Crippen LogP contribution >= 0.6 is 0 Å². The zero-order valence-corrected chi connectivity index (χ0v) is 14.4. The number of carbonyl (C=O) groups is 2. The lowest BCUT2D eigenvalue weighted by atomic mass is 9.87. The molecule has 2 amide bonds. The van der Waals surface area contributed by atoms with Gasteiger partial charge in [-0.1, -0.05) is 44.2 Å². The van der Waals surface area contributed by atoms with Gasteiger partial charge in [0, 0.05) is 24.9 Å². The molecule has 1 atom stereocenters. The van der Waals surface area contributed by atoms with Gasteiger partial charge < -0.3 is 20.8 Å². The second-order valence-electron chi connectivity index (χ2n) is 6.53. The van der Waals surface area contributed by atoms with Gasteiger partial charge in [0.1, 0.15) is 6.10 Å². The van der Waals surface area contributed by atoms with Crippen LogP contribution in [0.5, 0.6) is 0 Å². The number of aliphatic hydroxyl groups is 2. The fraction of sp³-hybridized carbons (Fsp3) is 0.556. The quantitative estimate of drug-likeness (QED) is 0.471. The largest absolute Gasteiger partial charge is 0.396 e. The standard InChI is InChI=1S/C18H28N2O4/c1-18(2,13-21)16(23)17(24)20-12-6-11-19-15(22)10-9-14-7-4-3-5-8-14/h3-5,7-8,16,21,23H,6,9-13H2,1-2H3,(H,19,22)(H,20,24)/t16-/m0/s1. The summed E-state index contributed by atoms with van der Waals surface area (Å²) < 4.78 is 0. The van der Waals surface area contributed by atoms with Crippen LogP contribution in [-0.2, 0) is 16.0 Å². The van der Waals surface area contributed by atoms with Crippen LogP contribution in [0.1, 0.15) is 32.3 Å². The first-order chi connectivity index (χ1) is 11.4. The van der Waals surface area contributed by atoms with Crippen molar-refractivity contribution in [2.75, 3.05) is 19.7 Å². The molecule has 1 aromatic carbocycles. The van der Waals surface area contributed by atoms with Gasteiger partial charge >= 0.3 is 0 Å². The maximum atomic E-state index is 11.7. The molecule has 0 heterocycles. The number of aryl methyl sites for hydroxylation is 1. The minimum atomic E-state index is -1.26. The van der Waals surface area contributed by atoms with Gasteiger partial charge in [0.05, 0.1) is 6.61 Å². The molecule has 0 aromatic heterocycles. The van der Waals surface area contributed by atoms with E-state index in [9.17, 15) is 14.7 Å². The van der Waals surface area contributed by atoms with Gasteiger partial charge in [0.15, 0.2) is 0 Å². The Hall–Kier alpha value is -1.92. The Morgan fingerprint density at radius 1 is 1.12 bits per heavy atom. The molecule has 6 heteroatoms. The second-order valence-corrected chi connectivity index (χ2v) is 6.53. The maximum absolute atomic E-state index is 11.7. The highest BCUT2D eigenvalue weighted by molar-refractivity contribution is 5.81. The molecule has 24 heavy (non-hydrogen) atoms. The SMILES string of the molecule is CC(C)(CO)[C@@H](O)C(=O)NCCCNC(=O)CCc1ccccc1. The highest BCUT2D eigenvalue weighted by Crippen LogP contribution is 2.19. The molecule has 1 rings (SSSR count). The molecular formula is C18H28N2O4. The first-order valence-corrected chi connectivity index (χ1v) is 8.24. The van der Waals surface area contributed by atoms with Crippen molar-refractivity contribution in [1.29, 1.82) is 0 Å². The highest BCUT2D eigenvalue weighted by atomic mass is 16.3. The summed E-state index contributed by atoms with van der Waals surface area (Å²) in [6, 6.07) is 9.81. The third-order valence-electron chi connectivity index (χ3n) is 3.85. The zero-order chi connectivity index (χ0) is 18.0. The molecule has 0 unspecified atom stereocenters. The van der Waals surface area contributed by atoms with Crippen molar-refractivity contribution in [3.05, 3.63) is 35.9 Å². The van der Waals surface area contributed by atoms with Crippen LogP contribution in [0.2, 0.25) is 0 Å². The molecule has 0 radical (unpaired) electrons. The number of benzene rings is 1. The van der Waals surface area contributed by atoms with Crippen LogP contribution in [0.3, 0.4) is 0 Å². The van der Waals surface area contributed by atoms with Crippen LogP contribution in [0.4, 0.5) is 0 Å². The summed E-state index contributed by atoms with van der Waals surface area (Å²) in [7, 11) is 0. The molecule has 4 N–H and O–H groups in total. The predicted octanol–water partition coefficient (Wildman–Crippen LogP) is 0.621. The fourth-order valence-corrected chi connectivity index (χ4v) is 2.06. The minimum absolute atomic E-state index is 0.0216. The van der Waals surface area contributed by atoms with E-state index in [-0.39, 0.29) is 12.5 Å². The molecular weight excluding hydrogens is 308 g/mol. The number of nitrogens with one attached hydrogen (secondary N) is 2. The molecule has 0 bridgehead atoms. The first-order valence-electron chi connectivity index (χ1n) is 8.24. The van der Waals surface area contributed by atoms with E-state index in [1.54, 1.807) is 13.8 Å². The number of aliphatic hydroxyl groups excluding tert-OH is 2. The van der Waals surface area contributed by atoms with Gasteiger partial charge in [0.2, 0.25) is 11.8 Å². The van der Waals surface area contributed by atoms with Crippen molar-refractivity contribution in [2.45, 2.75) is 39.2 Å². The normalized spacial score (nSPS) is 12.5. The van der Waals surface area contributed by atoms with E-state index < -0.39 is 17.4 Å². The number of hydrogen-bond donors (Lipinski definition) is 4. The summed E-state index contributed by atoms with van der Waals surface area (Å²) in [6.07, 6.45) is 0.448. The molecule has 0 fully saturated rings. The van der Waals surface area contributed by atoms with Crippen LogP contribution in [-0.4, -0.2) is 47.8 Å². The van der Waals surface area contributed by atoms with Gasteiger partial charge in [-0.05, 0) is 18.4 Å². The lowest BCUT2D eigenvalue weighted by Gasteiger charge is -2.27. The van der Waals surface area contributed by atoms with E-state index >= 15 is 0 Å². The highest BCUT2D eigenvalue weighted by Gasteiger charge is 2.32. The van der Waals surface area contributed by atoms with E-state index in [1.165, 1.54) is 0 Å². The number of carbonyl (C=O) groups excluding carboxylic acids is 2. The Balaban J connectivity index is 2.13. The van der Waals surface area contributed by atoms with Crippen LogP contribution < -0.4 is 10.6 Å². The Kier molecular flexibility index (Phi) is 8.43. The number of hydrogen-bond acceptors (Lipinski definition) is 4. The van der Waals surface area contributed by atoms with E-state index in [0.717, 1.165) is 5.56 Å². The average Bonchev–Trinajstić information content (AvgIpc) is 2.59. The molecule has 6 nitrogen and oxygen atoms in total. The number of rotatable bonds is 10. The van der Waals surface area contributed by atoms with Crippen molar-refractivity contribution < 1.29 is 19.8 Å². The second kappa shape index (κ2) is 10.1. The van der Waals surface area contributed by atoms with E-state index in [1.807, 2.05) is 30.3 Å². The van der Waals surface area contributed by atoms with Crippen molar-refractivity contribution in [2.24, 2.45) is 5.41 Å². The predicted molar refractivity (Wildman–Crippen MR) is 92.3 cm³/mol. The molecule has 0 spiro atoms. The van der Waals surface area contributed by atoms with Gasteiger partial charge in [-0.25, -0.2) is 0 Å². The molecule has 1 aromatic rings. The van der Waals surface area contributed by atoms with Gasteiger partial charge in [-0.2, -0.15) is 0 Å². The van der Waals surface area contributed by atoms with Crippen molar-refractivity contribution in [3.63, 3.8) is 0 Å². The lowest BCUT2D eigenvalue weighted by molar-refractivity contribution is -0.137. The third kappa shape index (κ3) is 7.10. The summed E-state index contributed by atoms with van der Waals surface area (Å²) >= 11 is 0. The monoisotopic (exact) mass is 336 g/mol.